The van der Waals surface area contributed by atoms with Crippen LogP contribution in [0.3, 0.4) is 0 Å². The summed E-state index contributed by atoms with van der Waals surface area (Å²) in [5.41, 5.74) is 2.35. The zero-order valence-electron chi connectivity index (χ0n) is 36.7. The van der Waals surface area contributed by atoms with E-state index in [2.05, 4.69) is 64.1 Å². The Balaban J connectivity index is 0.735. The molecular weight excluding hydrogens is 816 g/mol. The topological polar surface area (TPSA) is 168 Å². The summed E-state index contributed by atoms with van der Waals surface area (Å²) in [5, 5.41) is 15.8. The minimum absolute atomic E-state index is 0.0789. The van der Waals surface area contributed by atoms with E-state index in [4.69, 9.17) is 4.74 Å². The number of carbonyl (C=O) groups excluding carboxylic acids is 5. The first-order valence-corrected chi connectivity index (χ1v) is 22.3. The predicted molar refractivity (Wildman–Crippen MR) is 237 cm³/mol. The Morgan fingerprint density at radius 3 is 2.33 bits per heavy atom. The fourth-order valence-corrected chi connectivity index (χ4v) is 11.1. The molecule has 64 heavy (non-hydrogen) atoms. The predicted octanol–water partition coefficient (Wildman–Crippen LogP) is 5.69. The van der Waals surface area contributed by atoms with Crippen LogP contribution in [-0.4, -0.2) is 108 Å². The summed E-state index contributed by atoms with van der Waals surface area (Å²) < 4.78 is 22.4. The van der Waals surface area contributed by atoms with Gasteiger partial charge in [-0.1, -0.05) is 27.7 Å². The van der Waals surface area contributed by atoms with Crippen molar-refractivity contribution >= 4 is 51.8 Å². The Morgan fingerprint density at radius 1 is 0.891 bits per heavy atom. The van der Waals surface area contributed by atoms with Gasteiger partial charge in [0.25, 0.3) is 17.7 Å². The average Bonchev–Trinajstić information content (AvgIpc) is 3.54. The molecule has 4 aromatic rings. The van der Waals surface area contributed by atoms with Gasteiger partial charge < -0.3 is 19.9 Å². The molecule has 5 heterocycles. The minimum atomic E-state index is -0.989. The number of carbonyl (C=O) groups is 5. The van der Waals surface area contributed by atoms with Crippen LogP contribution in [0.15, 0.2) is 66.9 Å². The van der Waals surface area contributed by atoms with Crippen LogP contribution in [0.5, 0.6) is 5.75 Å². The molecule has 1 aromatic heterocycles. The Hall–Kier alpha value is -6.40. The van der Waals surface area contributed by atoms with Gasteiger partial charge in [0.2, 0.25) is 11.8 Å². The SMILES string of the molecule is CC1(C)C(NC(=O)c2ccc(N3CCC(CCN4CCN(c5ccc6c(c5)C(=O)N(C5CCC(=O)NC5=O)C6=O)CC4)CC3)c(F)c2)C(C)(C)C1Oc1ccc(C#N)c2ncccc12. The third-order valence-corrected chi connectivity index (χ3v) is 14.4. The molecule has 4 fully saturated rings. The minimum Gasteiger partial charge on any atom is -0.488 e. The first-order chi connectivity index (χ1) is 30.6. The molecule has 1 unspecified atom stereocenters. The van der Waals surface area contributed by atoms with Gasteiger partial charge in [0, 0.05) is 85.4 Å². The van der Waals surface area contributed by atoms with Crippen molar-refractivity contribution in [3.05, 3.63) is 94.9 Å². The van der Waals surface area contributed by atoms with E-state index in [1.165, 1.54) is 6.07 Å². The van der Waals surface area contributed by atoms with Crippen LogP contribution >= 0.6 is 0 Å². The second-order valence-corrected chi connectivity index (χ2v) is 19.1. The molecule has 5 amide bonds. The van der Waals surface area contributed by atoms with Gasteiger partial charge in [-0.25, -0.2) is 4.39 Å². The van der Waals surface area contributed by atoms with Gasteiger partial charge >= 0.3 is 0 Å². The van der Waals surface area contributed by atoms with Crippen LogP contribution in [-0.2, 0) is 9.59 Å². The average molecular weight is 869 g/mol. The molecular formula is C49H53FN8O6. The number of aromatic nitrogens is 1. The third kappa shape index (κ3) is 7.61. The van der Waals surface area contributed by atoms with Gasteiger partial charge in [-0.15, -0.1) is 0 Å². The number of piperazine rings is 1. The number of imide groups is 2. The van der Waals surface area contributed by atoms with Crippen LogP contribution in [0.1, 0.15) is 96.4 Å². The van der Waals surface area contributed by atoms with E-state index in [-0.39, 0.29) is 47.6 Å². The van der Waals surface area contributed by atoms with Crippen molar-refractivity contribution in [2.75, 3.05) is 55.6 Å². The van der Waals surface area contributed by atoms with E-state index in [0.717, 1.165) is 81.0 Å². The smallest absolute Gasteiger partial charge is 0.262 e. The summed E-state index contributed by atoms with van der Waals surface area (Å²) >= 11 is 0. The molecule has 3 aromatic carbocycles. The van der Waals surface area contributed by atoms with E-state index in [1.807, 2.05) is 18.2 Å². The number of nitrogens with one attached hydrogen (secondary N) is 2. The third-order valence-electron chi connectivity index (χ3n) is 14.4. The van der Waals surface area contributed by atoms with Crippen LogP contribution in [0.2, 0.25) is 0 Å². The highest BCUT2D eigenvalue weighted by Gasteiger charge is 2.64. The number of halogens is 1. The molecule has 15 heteroatoms. The highest BCUT2D eigenvalue weighted by Crippen LogP contribution is 2.56. The number of anilines is 2. The lowest BCUT2D eigenvalue weighted by Gasteiger charge is -2.63. The normalized spacial score (nSPS) is 23.4. The number of hydrogen-bond acceptors (Lipinski definition) is 11. The molecule has 332 valence electrons. The first kappa shape index (κ1) is 42.9. The number of benzene rings is 3. The van der Waals surface area contributed by atoms with Gasteiger partial charge in [-0.2, -0.15) is 5.26 Å². The van der Waals surface area contributed by atoms with E-state index < -0.39 is 46.3 Å². The van der Waals surface area contributed by atoms with Crippen molar-refractivity contribution < 1.29 is 33.1 Å². The maximum Gasteiger partial charge on any atom is 0.262 e. The summed E-state index contributed by atoms with van der Waals surface area (Å²) in [6, 6.07) is 18.2. The van der Waals surface area contributed by atoms with E-state index in [9.17, 15) is 29.2 Å². The second kappa shape index (κ2) is 16.6. The monoisotopic (exact) mass is 868 g/mol. The Kier molecular flexibility index (Phi) is 11.1. The summed E-state index contributed by atoms with van der Waals surface area (Å²) in [7, 11) is 0. The summed E-state index contributed by atoms with van der Waals surface area (Å²) in [6.07, 6.45) is 4.53. The highest BCUT2D eigenvalue weighted by atomic mass is 19.1. The molecule has 1 aliphatic carbocycles. The molecule has 0 bridgehead atoms. The van der Waals surface area contributed by atoms with Crippen molar-refractivity contribution in [1.82, 2.24) is 25.4 Å². The molecule has 2 N–H and O–H groups in total. The Morgan fingerprint density at radius 2 is 1.62 bits per heavy atom. The van der Waals surface area contributed by atoms with E-state index in [1.54, 1.807) is 42.6 Å². The van der Waals surface area contributed by atoms with Crippen molar-refractivity contribution in [3.8, 4) is 11.8 Å². The molecule has 5 aliphatic rings. The number of amides is 5. The molecule has 14 nitrogen and oxygen atoms in total. The number of nitrogens with zero attached hydrogens (tertiary/aromatic N) is 6. The first-order valence-electron chi connectivity index (χ1n) is 22.3. The van der Waals surface area contributed by atoms with Crippen molar-refractivity contribution in [1.29, 1.82) is 5.26 Å². The molecule has 1 saturated carbocycles. The molecule has 0 spiro atoms. The van der Waals surface area contributed by atoms with E-state index >= 15 is 4.39 Å². The lowest BCUT2D eigenvalue weighted by atomic mass is 9.49. The summed E-state index contributed by atoms with van der Waals surface area (Å²) in [6.45, 7) is 13.9. The fourth-order valence-electron chi connectivity index (χ4n) is 11.1. The molecule has 1 atom stereocenters. The lowest BCUT2D eigenvalue weighted by Crippen LogP contribution is -2.74. The largest absolute Gasteiger partial charge is 0.488 e. The number of hydrogen-bond donors (Lipinski definition) is 2. The van der Waals surface area contributed by atoms with Crippen LogP contribution < -0.4 is 25.2 Å². The van der Waals surface area contributed by atoms with Gasteiger partial charge in [0.15, 0.2) is 0 Å². The quantitative estimate of drug-likeness (QED) is 0.188. The molecule has 9 rings (SSSR count). The second-order valence-electron chi connectivity index (χ2n) is 19.1. The van der Waals surface area contributed by atoms with Gasteiger partial charge in [-0.05, 0) is 98.8 Å². The standard InChI is InChI=1S/C49H53FN8O6/c1-48(2)46(49(3,4)47(48)64-39-13-8-31(28-51)41-34(39)6-5-18-52-41)54-42(60)30-7-11-37(36(50)26-30)57-20-16-29(17-21-57)15-19-55-22-24-56(25-23-55)32-9-10-33-35(27-32)45(63)58(44(33)62)38-12-14-40(59)53-43(38)61/h5-11,13,18,26-27,29,38,46-47H,12,14-17,19-25H2,1-4H3,(H,54,60)(H,53,59,61). The van der Waals surface area contributed by atoms with Gasteiger partial charge in [0.05, 0.1) is 27.9 Å². The Bertz CT molecular complexity index is 2590. The summed E-state index contributed by atoms with van der Waals surface area (Å²) in [4.78, 5) is 76.3. The molecule has 3 saturated heterocycles. The van der Waals surface area contributed by atoms with Crippen LogP contribution in [0.25, 0.3) is 10.9 Å². The number of piperidine rings is 2. The number of nitriles is 1. The van der Waals surface area contributed by atoms with Crippen molar-refractivity contribution in [2.24, 2.45) is 16.7 Å². The van der Waals surface area contributed by atoms with Crippen molar-refractivity contribution in [2.45, 2.75) is 78.0 Å². The number of rotatable bonds is 10. The van der Waals surface area contributed by atoms with Gasteiger partial charge in [-0.3, -0.25) is 44.1 Å². The number of ether oxygens (including phenoxy) is 1. The zero-order valence-corrected chi connectivity index (χ0v) is 36.7. The molecule has 4 aliphatic heterocycles. The highest BCUT2D eigenvalue weighted by molar-refractivity contribution is 6.23. The maximum atomic E-state index is 15.7. The fraction of sp³-hybridized carbons (Fsp3) is 0.449. The maximum absolute atomic E-state index is 15.7. The van der Waals surface area contributed by atoms with Crippen molar-refractivity contribution in [3.63, 3.8) is 0 Å². The van der Waals surface area contributed by atoms with Crippen LogP contribution in [0.4, 0.5) is 15.8 Å². The lowest BCUT2D eigenvalue weighted by molar-refractivity contribution is -0.163. The Labute approximate surface area is 371 Å². The number of fused-ring (bicyclic) bond motifs is 2. The number of pyridine rings is 1. The van der Waals surface area contributed by atoms with Crippen LogP contribution in [0, 0.1) is 33.9 Å². The molecule has 0 radical (unpaired) electrons. The summed E-state index contributed by atoms with van der Waals surface area (Å²) in [5.74, 6) is -1.63. The van der Waals surface area contributed by atoms with Gasteiger partial charge in [0.1, 0.15) is 29.8 Å². The van der Waals surface area contributed by atoms with E-state index in [0.29, 0.717) is 28.4 Å². The zero-order chi connectivity index (χ0) is 45.1.